The minimum atomic E-state index is -0.958. The molecule has 0 saturated carbocycles. The van der Waals surface area contributed by atoms with E-state index >= 15 is 0 Å². The molecule has 0 aliphatic heterocycles. The third-order valence-electron chi connectivity index (χ3n) is 3.07. The number of ether oxygens (including phenoxy) is 1. The van der Waals surface area contributed by atoms with Gasteiger partial charge in [0.2, 0.25) is 5.43 Å². The SMILES string of the molecule is COc1ccccc1-n1nc(CCC(=O)O)c(=O)cc1C. The first-order valence-electron chi connectivity index (χ1n) is 6.48. The summed E-state index contributed by atoms with van der Waals surface area (Å²) in [5.74, 6) is -0.332. The summed E-state index contributed by atoms with van der Waals surface area (Å²) in [5.41, 5.74) is 1.34. The van der Waals surface area contributed by atoms with Gasteiger partial charge in [-0.15, -0.1) is 0 Å². The van der Waals surface area contributed by atoms with Crippen molar-refractivity contribution in [2.24, 2.45) is 0 Å². The molecule has 1 aromatic carbocycles. The van der Waals surface area contributed by atoms with E-state index in [4.69, 9.17) is 9.84 Å². The molecule has 6 heteroatoms. The minimum absolute atomic E-state index is 0.101. The first kappa shape index (κ1) is 14.8. The average molecular weight is 288 g/mol. The van der Waals surface area contributed by atoms with E-state index in [1.54, 1.807) is 24.8 Å². The van der Waals surface area contributed by atoms with Crippen molar-refractivity contribution in [2.45, 2.75) is 19.8 Å². The van der Waals surface area contributed by atoms with E-state index in [0.717, 1.165) is 0 Å². The van der Waals surface area contributed by atoms with Crippen LogP contribution in [0.5, 0.6) is 5.75 Å². The third-order valence-corrected chi connectivity index (χ3v) is 3.07. The van der Waals surface area contributed by atoms with E-state index < -0.39 is 5.97 Å². The number of carboxylic acid groups (broad SMARTS) is 1. The molecule has 0 aliphatic carbocycles. The largest absolute Gasteiger partial charge is 0.494 e. The Morgan fingerprint density at radius 2 is 2.10 bits per heavy atom. The lowest BCUT2D eigenvalue weighted by Gasteiger charge is -2.14. The van der Waals surface area contributed by atoms with Gasteiger partial charge < -0.3 is 9.84 Å². The predicted octanol–water partition coefficient (Wildman–Crippen LogP) is 1.57. The molecule has 6 nitrogen and oxygen atoms in total. The van der Waals surface area contributed by atoms with Crippen molar-refractivity contribution in [2.75, 3.05) is 7.11 Å². The lowest BCUT2D eigenvalue weighted by atomic mass is 10.2. The second-order valence-corrected chi connectivity index (χ2v) is 4.57. The number of benzene rings is 1. The Bertz CT molecular complexity index is 722. The van der Waals surface area contributed by atoms with Crippen molar-refractivity contribution in [1.82, 2.24) is 9.78 Å². The number of aromatic nitrogens is 2. The smallest absolute Gasteiger partial charge is 0.303 e. The van der Waals surface area contributed by atoms with Crippen LogP contribution in [0.25, 0.3) is 5.69 Å². The van der Waals surface area contributed by atoms with Crippen LogP contribution in [-0.4, -0.2) is 28.0 Å². The van der Waals surface area contributed by atoms with Crippen LogP contribution in [0.15, 0.2) is 35.1 Å². The summed E-state index contributed by atoms with van der Waals surface area (Å²) in [4.78, 5) is 22.5. The number of aryl methyl sites for hydroxylation is 2. The topological polar surface area (TPSA) is 81.4 Å². The van der Waals surface area contributed by atoms with Gasteiger partial charge in [0.15, 0.2) is 0 Å². The molecule has 2 aromatic rings. The van der Waals surface area contributed by atoms with Crippen LogP contribution in [0.1, 0.15) is 17.8 Å². The highest BCUT2D eigenvalue weighted by Crippen LogP contribution is 2.22. The highest BCUT2D eigenvalue weighted by molar-refractivity contribution is 5.66. The monoisotopic (exact) mass is 288 g/mol. The Morgan fingerprint density at radius 3 is 2.76 bits per heavy atom. The Balaban J connectivity index is 2.51. The van der Waals surface area contributed by atoms with Gasteiger partial charge in [0, 0.05) is 18.2 Å². The van der Waals surface area contributed by atoms with Gasteiger partial charge >= 0.3 is 5.97 Å². The van der Waals surface area contributed by atoms with E-state index in [-0.39, 0.29) is 24.0 Å². The van der Waals surface area contributed by atoms with Crippen molar-refractivity contribution >= 4 is 5.97 Å². The highest BCUT2D eigenvalue weighted by atomic mass is 16.5. The van der Waals surface area contributed by atoms with Crippen LogP contribution >= 0.6 is 0 Å². The molecule has 110 valence electrons. The van der Waals surface area contributed by atoms with Gasteiger partial charge in [-0.1, -0.05) is 12.1 Å². The third kappa shape index (κ3) is 3.28. The van der Waals surface area contributed by atoms with Crippen molar-refractivity contribution in [3.8, 4) is 11.4 Å². The van der Waals surface area contributed by atoms with Gasteiger partial charge in [-0.3, -0.25) is 9.59 Å². The summed E-state index contributed by atoms with van der Waals surface area (Å²) >= 11 is 0. The van der Waals surface area contributed by atoms with Crippen molar-refractivity contribution in [3.63, 3.8) is 0 Å². The molecule has 1 N–H and O–H groups in total. The zero-order valence-electron chi connectivity index (χ0n) is 11.9. The van der Waals surface area contributed by atoms with Crippen LogP contribution in [-0.2, 0) is 11.2 Å². The molecule has 2 rings (SSSR count). The number of aliphatic carboxylic acids is 1. The highest BCUT2D eigenvalue weighted by Gasteiger charge is 2.12. The van der Waals surface area contributed by atoms with Crippen LogP contribution in [0, 0.1) is 6.92 Å². The molecular formula is C15H16N2O4. The maximum Gasteiger partial charge on any atom is 0.303 e. The molecule has 21 heavy (non-hydrogen) atoms. The van der Waals surface area contributed by atoms with Gasteiger partial charge in [0.25, 0.3) is 0 Å². The number of nitrogens with zero attached hydrogens (tertiary/aromatic N) is 2. The molecule has 1 aromatic heterocycles. The fourth-order valence-corrected chi connectivity index (χ4v) is 2.03. The fraction of sp³-hybridized carbons (Fsp3) is 0.267. The summed E-state index contributed by atoms with van der Waals surface area (Å²) in [6.45, 7) is 1.77. The number of rotatable bonds is 5. The molecule has 0 aliphatic rings. The Labute approximate surface area is 121 Å². The lowest BCUT2D eigenvalue weighted by molar-refractivity contribution is -0.136. The number of carboxylic acids is 1. The van der Waals surface area contributed by atoms with Gasteiger partial charge in [0.05, 0.1) is 13.5 Å². The second-order valence-electron chi connectivity index (χ2n) is 4.57. The second kappa shape index (κ2) is 6.21. The first-order valence-corrected chi connectivity index (χ1v) is 6.48. The number of carbonyl (C=O) groups is 1. The number of para-hydroxylation sites is 2. The summed E-state index contributed by atoms with van der Waals surface area (Å²) < 4.78 is 6.88. The lowest BCUT2D eigenvalue weighted by Crippen LogP contribution is -2.20. The summed E-state index contributed by atoms with van der Waals surface area (Å²) in [5, 5.41) is 13.0. The number of methoxy groups -OCH3 is 1. The number of hydrogen-bond acceptors (Lipinski definition) is 4. The summed E-state index contributed by atoms with van der Waals surface area (Å²) in [7, 11) is 1.56. The normalized spacial score (nSPS) is 10.4. The van der Waals surface area contributed by atoms with Crippen molar-refractivity contribution in [1.29, 1.82) is 0 Å². The molecule has 0 saturated heterocycles. The summed E-state index contributed by atoms with van der Waals surface area (Å²) in [6, 6.07) is 8.76. The van der Waals surface area contributed by atoms with E-state index in [1.807, 2.05) is 18.2 Å². The van der Waals surface area contributed by atoms with E-state index in [9.17, 15) is 9.59 Å². The fourth-order valence-electron chi connectivity index (χ4n) is 2.03. The van der Waals surface area contributed by atoms with E-state index in [2.05, 4.69) is 5.10 Å². The van der Waals surface area contributed by atoms with Crippen LogP contribution in [0.3, 0.4) is 0 Å². The molecule has 0 atom stereocenters. The molecule has 0 unspecified atom stereocenters. The van der Waals surface area contributed by atoms with Crippen molar-refractivity contribution < 1.29 is 14.6 Å². The van der Waals surface area contributed by atoms with Crippen molar-refractivity contribution in [3.05, 3.63) is 51.9 Å². The van der Waals surface area contributed by atoms with E-state index in [0.29, 0.717) is 17.1 Å². The maximum atomic E-state index is 11.9. The van der Waals surface area contributed by atoms with E-state index in [1.165, 1.54) is 6.07 Å². The maximum absolute atomic E-state index is 11.9. The van der Waals surface area contributed by atoms with Gasteiger partial charge in [0.1, 0.15) is 17.1 Å². The molecule has 0 bridgehead atoms. The zero-order chi connectivity index (χ0) is 15.4. The molecule has 0 radical (unpaired) electrons. The molecular weight excluding hydrogens is 272 g/mol. The number of hydrogen-bond donors (Lipinski definition) is 1. The Morgan fingerprint density at radius 1 is 1.38 bits per heavy atom. The van der Waals surface area contributed by atoms with Crippen LogP contribution in [0.2, 0.25) is 0 Å². The summed E-state index contributed by atoms with van der Waals surface area (Å²) in [6.07, 6.45) is -0.0270. The van der Waals surface area contributed by atoms with Gasteiger partial charge in [-0.25, -0.2) is 4.68 Å². The zero-order valence-corrected chi connectivity index (χ0v) is 11.9. The quantitative estimate of drug-likeness (QED) is 0.903. The minimum Gasteiger partial charge on any atom is -0.494 e. The molecule has 0 spiro atoms. The Kier molecular flexibility index (Phi) is 4.37. The predicted molar refractivity (Wildman–Crippen MR) is 77.1 cm³/mol. The van der Waals surface area contributed by atoms with Crippen LogP contribution < -0.4 is 10.2 Å². The average Bonchev–Trinajstić information content (AvgIpc) is 2.46. The Hall–Kier alpha value is -2.63. The molecule has 1 heterocycles. The molecule has 0 fully saturated rings. The standard InChI is InChI=1S/C15H16N2O4/c1-10-9-13(18)11(7-8-15(19)20)16-17(10)12-5-3-4-6-14(12)21-2/h3-6,9H,7-8H2,1-2H3,(H,19,20). The van der Waals surface area contributed by atoms with Crippen LogP contribution in [0.4, 0.5) is 0 Å². The molecule has 0 amide bonds. The first-order chi connectivity index (χ1) is 10.0. The van der Waals surface area contributed by atoms with Gasteiger partial charge in [-0.05, 0) is 19.1 Å². The van der Waals surface area contributed by atoms with Gasteiger partial charge in [-0.2, -0.15) is 5.10 Å².